The molecule has 8 atom stereocenters. The van der Waals surface area contributed by atoms with Crippen molar-refractivity contribution in [2.45, 2.75) is 36.5 Å². The van der Waals surface area contributed by atoms with Gasteiger partial charge >= 0.3 is 11.9 Å². The number of hydrogen-bond acceptors (Lipinski definition) is 9. The van der Waals surface area contributed by atoms with Crippen molar-refractivity contribution in [2.24, 2.45) is 47.0 Å². The van der Waals surface area contributed by atoms with Gasteiger partial charge in [-0.1, -0.05) is 11.1 Å². The first kappa shape index (κ1) is 23.8. The van der Waals surface area contributed by atoms with Crippen LogP contribution in [0.25, 0.3) is 4.85 Å². The fraction of sp³-hybridized carbons (Fsp3) is 0.600. The SMILES string of the molecule is N#C/C=C1\CC(N)(C(=O)O)C2C1C2C(O)O.[C-]#[N+]/C=C1/CC(N)(C(=O)O)C2C1C2C(O)O. The summed E-state index contributed by atoms with van der Waals surface area (Å²) in [5, 5.41) is 63.1. The molecular formula is C20H24N4O8. The highest BCUT2D eigenvalue weighted by Gasteiger charge is 2.72. The maximum atomic E-state index is 11.1. The van der Waals surface area contributed by atoms with Gasteiger partial charge in [-0.2, -0.15) is 5.26 Å². The van der Waals surface area contributed by atoms with E-state index < -0.39 is 59.3 Å². The van der Waals surface area contributed by atoms with Gasteiger partial charge < -0.3 is 42.1 Å². The number of nitriles is 1. The third-order valence-electron chi connectivity index (χ3n) is 7.16. The first-order valence-electron chi connectivity index (χ1n) is 9.77. The predicted molar refractivity (Wildman–Crippen MR) is 104 cm³/mol. The fourth-order valence-corrected chi connectivity index (χ4v) is 5.72. The van der Waals surface area contributed by atoms with Gasteiger partial charge in [-0.3, -0.25) is 9.59 Å². The summed E-state index contributed by atoms with van der Waals surface area (Å²) in [5.41, 5.74) is 9.82. The van der Waals surface area contributed by atoms with Crippen LogP contribution in [-0.2, 0) is 9.59 Å². The van der Waals surface area contributed by atoms with E-state index in [1.165, 1.54) is 12.3 Å². The molecule has 4 aliphatic rings. The highest BCUT2D eigenvalue weighted by molar-refractivity contribution is 5.82. The van der Waals surface area contributed by atoms with E-state index in [1.54, 1.807) is 0 Å². The number of carboxylic acids is 2. The van der Waals surface area contributed by atoms with Crippen molar-refractivity contribution in [3.8, 4) is 6.07 Å². The summed E-state index contributed by atoms with van der Waals surface area (Å²) in [6, 6.07) is 1.83. The van der Waals surface area contributed by atoms with Crippen LogP contribution in [0.3, 0.4) is 0 Å². The van der Waals surface area contributed by atoms with E-state index in [-0.39, 0.29) is 24.7 Å². The van der Waals surface area contributed by atoms with Crippen LogP contribution in [0, 0.1) is 53.4 Å². The number of allylic oxidation sites excluding steroid dienone is 1. The molecule has 0 aromatic carbocycles. The van der Waals surface area contributed by atoms with E-state index in [1.807, 2.05) is 6.07 Å². The van der Waals surface area contributed by atoms with Crippen molar-refractivity contribution >= 4 is 11.9 Å². The van der Waals surface area contributed by atoms with Crippen LogP contribution >= 0.6 is 0 Å². The minimum atomic E-state index is -1.58. The molecule has 172 valence electrons. The lowest BCUT2D eigenvalue weighted by Crippen LogP contribution is -2.49. The maximum absolute atomic E-state index is 11.1. The minimum Gasteiger partial charge on any atom is -0.480 e. The van der Waals surface area contributed by atoms with Crippen LogP contribution in [0.2, 0.25) is 0 Å². The molecule has 8 unspecified atom stereocenters. The van der Waals surface area contributed by atoms with Gasteiger partial charge in [0.05, 0.1) is 12.6 Å². The molecular weight excluding hydrogens is 424 g/mol. The molecule has 0 heterocycles. The zero-order valence-corrected chi connectivity index (χ0v) is 16.7. The van der Waals surface area contributed by atoms with Crippen LogP contribution in [-0.4, -0.2) is 66.2 Å². The van der Waals surface area contributed by atoms with Crippen molar-refractivity contribution in [2.75, 3.05) is 0 Å². The Morgan fingerprint density at radius 1 is 1.00 bits per heavy atom. The second-order valence-corrected chi connectivity index (χ2v) is 8.81. The summed E-state index contributed by atoms with van der Waals surface area (Å²) in [6.45, 7) is 6.72. The average Bonchev–Trinajstić information content (AvgIpc) is 3.56. The standard InChI is InChI=1S/2C10H12N2O4/c1-12-3-4-2-10(11,9(15)16)7-5(4)6(7)8(13)14;11-2-1-4-3-10(12,9(15)16)7-5(4)6(7)8(13)14/h3,5-8,13-14H,2,11H2,(H,15,16);1,5-8,13-14H,3,12H2,(H,15,16)/b4-3-;4-1+. The lowest BCUT2D eigenvalue weighted by Gasteiger charge is -2.23. The lowest BCUT2D eigenvalue weighted by atomic mass is 9.90. The summed E-state index contributed by atoms with van der Waals surface area (Å²) in [6.07, 6.45) is -0.432. The number of fused-ring (bicyclic) bond motifs is 2. The second-order valence-electron chi connectivity index (χ2n) is 8.81. The fourth-order valence-electron chi connectivity index (χ4n) is 5.72. The molecule has 10 N–H and O–H groups in total. The number of aliphatic hydroxyl groups is 4. The number of rotatable bonds is 4. The van der Waals surface area contributed by atoms with Crippen LogP contribution in [0.15, 0.2) is 23.4 Å². The van der Waals surface area contributed by atoms with Crippen LogP contribution in [0.5, 0.6) is 0 Å². The van der Waals surface area contributed by atoms with E-state index in [0.717, 1.165) is 0 Å². The van der Waals surface area contributed by atoms with Gasteiger partial charge in [0.15, 0.2) is 18.8 Å². The molecule has 0 aliphatic heterocycles. The van der Waals surface area contributed by atoms with Gasteiger partial charge in [-0.15, -0.1) is 0 Å². The van der Waals surface area contributed by atoms with E-state index >= 15 is 0 Å². The number of carbonyl (C=O) groups is 2. The van der Waals surface area contributed by atoms with E-state index in [0.29, 0.717) is 11.1 Å². The molecule has 4 saturated carbocycles. The molecule has 0 aromatic rings. The molecule has 0 bridgehead atoms. The monoisotopic (exact) mass is 448 g/mol. The Hall–Kier alpha value is -2.84. The van der Waals surface area contributed by atoms with Crippen molar-refractivity contribution < 1.29 is 40.2 Å². The summed E-state index contributed by atoms with van der Waals surface area (Å²) in [5.74, 6) is -4.93. The molecule has 0 amide bonds. The Morgan fingerprint density at radius 3 is 1.75 bits per heavy atom. The molecule has 0 radical (unpaired) electrons. The van der Waals surface area contributed by atoms with E-state index in [4.69, 9.17) is 53.9 Å². The molecule has 0 aromatic heterocycles. The first-order chi connectivity index (χ1) is 14.9. The molecule has 12 nitrogen and oxygen atoms in total. The Bertz CT molecular complexity index is 901. The first-order valence-corrected chi connectivity index (χ1v) is 9.77. The molecule has 32 heavy (non-hydrogen) atoms. The number of aliphatic carboxylic acids is 2. The molecule has 4 aliphatic carbocycles. The van der Waals surface area contributed by atoms with Gasteiger partial charge in [-0.05, 0) is 24.7 Å². The second kappa shape index (κ2) is 7.94. The average molecular weight is 448 g/mol. The van der Waals surface area contributed by atoms with Crippen molar-refractivity contribution in [1.82, 2.24) is 0 Å². The van der Waals surface area contributed by atoms with Gasteiger partial charge in [0.25, 0.3) is 0 Å². The summed E-state index contributed by atoms with van der Waals surface area (Å²) < 4.78 is 0. The molecule has 0 saturated heterocycles. The number of aliphatic hydroxyl groups excluding tert-OH is 2. The van der Waals surface area contributed by atoms with Crippen molar-refractivity contribution in [3.05, 3.63) is 34.8 Å². The summed E-state index contributed by atoms with van der Waals surface area (Å²) >= 11 is 0. The topological polar surface area (TPSA) is 236 Å². The third kappa shape index (κ3) is 3.47. The number of nitrogens with two attached hydrogens (primary N) is 2. The Labute approximate surface area is 182 Å². The van der Waals surface area contributed by atoms with Gasteiger partial charge in [-0.25, -0.2) is 4.85 Å². The zero-order chi connectivity index (χ0) is 24.2. The van der Waals surface area contributed by atoms with Gasteiger partial charge in [0, 0.05) is 29.7 Å². The zero-order valence-electron chi connectivity index (χ0n) is 16.7. The Morgan fingerprint density at radius 2 is 1.41 bits per heavy atom. The van der Waals surface area contributed by atoms with Gasteiger partial charge in [0.2, 0.25) is 0 Å². The predicted octanol–water partition coefficient (Wildman–Crippen LogP) is -2.06. The van der Waals surface area contributed by atoms with Crippen LogP contribution in [0.1, 0.15) is 12.8 Å². The Kier molecular flexibility index (Phi) is 5.91. The number of nitrogens with zero attached hydrogens (tertiary/aromatic N) is 2. The van der Waals surface area contributed by atoms with Crippen molar-refractivity contribution in [1.29, 1.82) is 5.26 Å². The largest absolute Gasteiger partial charge is 0.480 e. The molecule has 4 fully saturated rings. The number of carboxylic acid groups (broad SMARTS) is 2. The summed E-state index contributed by atoms with van der Waals surface area (Å²) in [4.78, 5) is 25.3. The van der Waals surface area contributed by atoms with Crippen LogP contribution in [0.4, 0.5) is 0 Å². The Balaban J connectivity index is 0.000000181. The van der Waals surface area contributed by atoms with Crippen LogP contribution < -0.4 is 11.5 Å². The van der Waals surface area contributed by atoms with Crippen molar-refractivity contribution in [3.63, 3.8) is 0 Å². The molecule has 4 rings (SSSR count). The number of hydrogen-bond donors (Lipinski definition) is 8. The lowest BCUT2D eigenvalue weighted by molar-refractivity contribution is -0.145. The van der Waals surface area contributed by atoms with E-state index in [9.17, 15) is 9.59 Å². The molecule has 12 heteroatoms. The maximum Gasteiger partial charge on any atom is 0.324 e. The smallest absolute Gasteiger partial charge is 0.324 e. The van der Waals surface area contributed by atoms with Gasteiger partial charge in [0.1, 0.15) is 11.1 Å². The molecule has 0 spiro atoms. The quantitative estimate of drug-likeness (QED) is 0.132. The van der Waals surface area contributed by atoms with E-state index in [2.05, 4.69) is 4.85 Å². The normalized spacial score (nSPS) is 43.2. The third-order valence-corrected chi connectivity index (χ3v) is 7.16. The highest BCUT2D eigenvalue weighted by Crippen LogP contribution is 2.65. The highest BCUT2D eigenvalue weighted by atomic mass is 16.5. The minimum absolute atomic E-state index is 0.106. The summed E-state index contributed by atoms with van der Waals surface area (Å²) in [7, 11) is 0.